The van der Waals surface area contributed by atoms with Crippen molar-refractivity contribution in [1.29, 1.82) is 0 Å². The lowest BCUT2D eigenvalue weighted by Gasteiger charge is -2.22. The van der Waals surface area contributed by atoms with E-state index in [1.807, 2.05) is 65.6 Å². The van der Waals surface area contributed by atoms with E-state index in [4.69, 9.17) is 9.72 Å². The number of esters is 1. The molecular weight excluding hydrogens is 427 g/mol. The summed E-state index contributed by atoms with van der Waals surface area (Å²) in [6.07, 6.45) is 8.74. The summed E-state index contributed by atoms with van der Waals surface area (Å²) in [4.78, 5) is 25.5. The molecular formula is C23H24N4O2PS+. The van der Waals surface area contributed by atoms with Gasteiger partial charge in [-0.15, -0.1) is 9.24 Å². The first kappa shape index (κ1) is 21.6. The number of hydrogen-bond donors (Lipinski definition) is 0. The fourth-order valence-corrected chi connectivity index (χ4v) is 4.34. The van der Waals surface area contributed by atoms with Crippen molar-refractivity contribution in [3.63, 3.8) is 0 Å². The fraction of sp³-hybridized carbons (Fsp3) is 0.261. The van der Waals surface area contributed by atoms with Crippen molar-refractivity contribution >= 4 is 38.9 Å². The number of benzene rings is 1. The third-order valence-electron chi connectivity index (χ3n) is 4.70. The molecule has 158 valence electrons. The number of carbonyl (C=O) groups excluding carboxylic acids is 1. The van der Waals surface area contributed by atoms with Crippen LogP contribution in [0.2, 0.25) is 0 Å². The van der Waals surface area contributed by atoms with Crippen LogP contribution in [0.3, 0.4) is 0 Å². The molecule has 0 radical (unpaired) electrons. The van der Waals surface area contributed by atoms with Gasteiger partial charge in [-0.2, -0.15) is 0 Å². The van der Waals surface area contributed by atoms with E-state index in [-0.39, 0.29) is 10.5 Å². The van der Waals surface area contributed by atoms with Crippen LogP contribution in [-0.2, 0) is 22.7 Å². The molecule has 6 nitrogen and oxygen atoms in total. The van der Waals surface area contributed by atoms with Gasteiger partial charge in [0.05, 0.1) is 17.1 Å². The SMILES string of the molecule is CC1(P)C=Nc2cnc(-c3cc[n+](CCCC(=O)OCc4ccccc4)cc3)nc2S1. The smallest absolute Gasteiger partial charge is 0.306 e. The van der Waals surface area contributed by atoms with Crippen LogP contribution in [0.4, 0.5) is 5.69 Å². The highest BCUT2D eigenvalue weighted by atomic mass is 32.2. The topological polar surface area (TPSA) is 68.3 Å². The number of aromatic nitrogens is 3. The Bertz CT molecular complexity index is 1090. The lowest BCUT2D eigenvalue weighted by Crippen LogP contribution is -2.32. The van der Waals surface area contributed by atoms with Gasteiger partial charge in [-0.25, -0.2) is 14.5 Å². The van der Waals surface area contributed by atoms with E-state index in [1.54, 1.807) is 18.0 Å². The van der Waals surface area contributed by atoms with Gasteiger partial charge in [0.25, 0.3) is 0 Å². The van der Waals surface area contributed by atoms with Crippen molar-refractivity contribution in [1.82, 2.24) is 9.97 Å². The molecule has 0 saturated carbocycles. The molecule has 2 unspecified atom stereocenters. The molecule has 1 aliphatic rings. The Kier molecular flexibility index (Phi) is 6.73. The van der Waals surface area contributed by atoms with E-state index in [1.165, 1.54) is 0 Å². The van der Waals surface area contributed by atoms with Crippen LogP contribution in [0.5, 0.6) is 0 Å². The van der Waals surface area contributed by atoms with Crippen LogP contribution in [0.15, 0.2) is 71.1 Å². The summed E-state index contributed by atoms with van der Waals surface area (Å²) < 4.78 is 7.22. The number of aliphatic imine (C=N–C) groups is 1. The molecule has 2 atom stereocenters. The van der Waals surface area contributed by atoms with E-state index < -0.39 is 0 Å². The second kappa shape index (κ2) is 9.67. The predicted octanol–water partition coefficient (Wildman–Crippen LogP) is 4.35. The quantitative estimate of drug-likeness (QED) is 0.231. The van der Waals surface area contributed by atoms with E-state index in [0.29, 0.717) is 25.3 Å². The lowest BCUT2D eigenvalue weighted by molar-refractivity contribution is -0.697. The maximum Gasteiger partial charge on any atom is 0.306 e. The minimum Gasteiger partial charge on any atom is -0.461 e. The van der Waals surface area contributed by atoms with Gasteiger partial charge >= 0.3 is 5.97 Å². The molecule has 0 N–H and O–H groups in total. The van der Waals surface area contributed by atoms with Gasteiger partial charge in [0, 0.05) is 30.3 Å². The van der Waals surface area contributed by atoms with Crippen molar-refractivity contribution in [2.45, 2.75) is 42.4 Å². The maximum absolute atomic E-state index is 11.9. The van der Waals surface area contributed by atoms with Crippen LogP contribution in [-0.4, -0.2) is 26.6 Å². The zero-order valence-electron chi connectivity index (χ0n) is 17.3. The van der Waals surface area contributed by atoms with Crippen molar-refractivity contribution in [2.75, 3.05) is 0 Å². The van der Waals surface area contributed by atoms with Crippen LogP contribution in [0.1, 0.15) is 25.3 Å². The molecule has 0 aliphatic carbocycles. The summed E-state index contributed by atoms with van der Waals surface area (Å²) in [6.45, 7) is 3.14. The molecule has 8 heteroatoms. The Morgan fingerprint density at radius 3 is 2.74 bits per heavy atom. The van der Waals surface area contributed by atoms with Gasteiger partial charge in [0.2, 0.25) is 0 Å². The molecule has 31 heavy (non-hydrogen) atoms. The summed E-state index contributed by atoms with van der Waals surface area (Å²) in [6, 6.07) is 13.7. The molecule has 0 saturated heterocycles. The van der Waals surface area contributed by atoms with Gasteiger partial charge in [-0.1, -0.05) is 42.1 Å². The van der Waals surface area contributed by atoms with Gasteiger partial charge in [0.15, 0.2) is 18.2 Å². The Morgan fingerprint density at radius 1 is 1.19 bits per heavy atom. The zero-order chi connectivity index (χ0) is 21.7. The van der Waals surface area contributed by atoms with Gasteiger partial charge in [0.1, 0.15) is 23.9 Å². The van der Waals surface area contributed by atoms with Gasteiger partial charge < -0.3 is 4.74 Å². The monoisotopic (exact) mass is 451 g/mol. The average Bonchev–Trinajstić information content (AvgIpc) is 2.78. The number of fused-ring (bicyclic) bond motifs is 1. The molecule has 0 bridgehead atoms. The van der Waals surface area contributed by atoms with Crippen LogP contribution >= 0.6 is 21.0 Å². The molecule has 0 fully saturated rings. The number of pyridine rings is 1. The second-order valence-electron chi connectivity index (χ2n) is 7.50. The minimum absolute atomic E-state index is 0.152. The number of thioether (sulfide) groups is 1. The predicted molar refractivity (Wildman–Crippen MR) is 125 cm³/mol. The average molecular weight is 452 g/mol. The highest BCUT2D eigenvalue weighted by Crippen LogP contribution is 2.43. The molecule has 3 heterocycles. The summed E-state index contributed by atoms with van der Waals surface area (Å²) in [5.74, 6) is 0.505. The number of aryl methyl sites for hydroxylation is 1. The third kappa shape index (κ3) is 5.96. The summed E-state index contributed by atoms with van der Waals surface area (Å²) >= 11 is 1.66. The summed E-state index contributed by atoms with van der Waals surface area (Å²) in [5.41, 5.74) is 2.75. The lowest BCUT2D eigenvalue weighted by atomic mass is 10.2. The summed E-state index contributed by atoms with van der Waals surface area (Å²) in [5, 5.41) is 0.885. The molecule has 1 aliphatic heterocycles. The normalized spacial score (nSPS) is 17.2. The minimum atomic E-state index is -0.176. The highest BCUT2D eigenvalue weighted by molar-refractivity contribution is 8.05. The Balaban J connectivity index is 1.29. The zero-order valence-corrected chi connectivity index (χ0v) is 19.2. The van der Waals surface area contributed by atoms with Gasteiger partial charge in [-0.05, 0) is 12.5 Å². The molecule has 1 aromatic carbocycles. The van der Waals surface area contributed by atoms with Gasteiger partial charge in [-0.3, -0.25) is 9.79 Å². The third-order valence-corrected chi connectivity index (χ3v) is 6.24. The number of carbonyl (C=O) groups is 1. The second-order valence-corrected chi connectivity index (χ2v) is 10.6. The summed E-state index contributed by atoms with van der Waals surface area (Å²) in [7, 11) is 2.79. The Labute approximate surface area is 188 Å². The molecule has 4 rings (SSSR count). The first-order valence-corrected chi connectivity index (χ1v) is 11.5. The standard InChI is InChI=1S/C23H24N4O2PS/c1-23(30)16-25-19-14-24-21(26-22(19)31-23)18-9-12-27(13-10-18)11-5-8-20(28)29-15-17-6-3-2-4-7-17/h2-4,6-7,9-10,12-14,16H,5,8,11,15,30H2,1H3/q+1. The Hall–Kier alpha value is -2.63. The number of rotatable bonds is 7. The molecule has 2 aromatic heterocycles. The van der Waals surface area contributed by atoms with E-state index in [9.17, 15) is 4.79 Å². The van der Waals surface area contributed by atoms with Crippen LogP contribution < -0.4 is 4.57 Å². The fourth-order valence-electron chi connectivity index (χ4n) is 3.07. The number of hydrogen-bond acceptors (Lipinski definition) is 6. The first-order chi connectivity index (χ1) is 15.0. The van der Waals surface area contributed by atoms with Crippen molar-refractivity contribution in [3.8, 4) is 11.4 Å². The van der Waals surface area contributed by atoms with Crippen molar-refractivity contribution < 1.29 is 14.1 Å². The van der Waals surface area contributed by atoms with Crippen LogP contribution in [0.25, 0.3) is 11.4 Å². The first-order valence-electron chi connectivity index (χ1n) is 10.1. The van der Waals surface area contributed by atoms with E-state index in [0.717, 1.165) is 28.4 Å². The maximum atomic E-state index is 11.9. The Morgan fingerprint density at radius 2 is 1.97 bits per heavy atom. The largest absolute Gasteiger partial charge is 0.461 e. The van der Waals surface area contributed by atoms with Crippen molar-refractivity contribution in [2.24, 2.45) is 4.99 Å². The van der Waals surface area contributed by atoms with Crippen LogP contribution in [0, 0.1) is 0 Å². The highest BCUT2D eigenvalue weighted by Gasteiger charge is 2.25. The van der Waals surface area contributed by atoms with Crippen molar-refractivity contribution in [3.05, 3.63) is 66.6 Å². The molecule has 3 aromatic rings. The number of ether oxygens (including phenoxy) is 1. The molecule has 0 spiro atoms. The molecule has 0 amide bonds. The van der Waals surface area contributed by atoms with E-state index >= 15 is 0 Å². The van der Waals surface area contributed by atoms with E-state index in [2.05, 4.69) is 26.1 Å². The number of nitrogens with zero attached hydrogens (tertiary/aromatic N) is 4.